The van der Waals surface area contributed by atoms with Crippen LogP contribution in [0.1, 0.15) is 27.3 Å². The van der Waals surface area contributed by atoms with Crippen molar-refractivity contribution in [3.8, 4) is 0 Å². The molecular formula is C23H25FN4O. The van der Waals surface area contributed by atoms with E-state index in [0.29, 0.717) is 25.1 Å². The van der Waals surface area contributed by atoms with Gasteiger partial charge in [-0.3, -0.25) is 9.69 Å². The Morgan fingerprint density at radius 2 is 1.66 bits per heavy atom. The van der Waals surface area contributed by atoms with Gasteiger partial charge in [-0.1, -0.05) is 18.2 Å². The minimum Gasteiger partial charge on any atom is -0.336 e. The number of hydrogen-bond acceptors (Lipinski definition) is 4. The largest absolute Gasteiger partial charge is 0.336 e. The fourth-order valence-corrected chi connectivity index (χ4v) is 3.70. The maximum absolute atomic E-state index is 13.8. The number of halogens is 1. The standard InChI is InChI=1S/C23H25FN4O/c1-16-17(2)26-22-15-19(7-8-21(22)25-16)23(29)28-13-11-27(12-14-28)10-9-18-5-3-4-6-20(18)24/h3-8,15H,9-14H2,1-2H3. The summed E-state index contributed by atoms with van der Waals surface area (Å²) in [5, 5.41) is 0. The number of fused-ring (bicyclic) bond motifs is 1. The van der Waals surface area contributed by atoms with Gasteiger partial charge in [0.15, 0.2) is 0 Å². The van der Waals surface area contributed by atoms with Gasteiger partial charge in [-0.15, -0.1) is 0 Å². The summed E-state index contributed by atoms with van der Waals surface area (Å²) in [7, 11) is 0. The third-order valence-electron chi connectivity index (χ3n) is 5.64. The number of aromatic nitrogens is 2. The third kappa shape index (κ3) is 4.27. The van der Waals surface area contributed by atoms with E-state index in [1.165, 1.54) is 6.07 Å². The Morgan fingerprint density at radius 3 is 2.38 bits per heavy atom. The summed E-state index contributed by atoms with van der Waals surface area (Å²) < 4.78 is 13.8. The number of hydrogen-bond donors (Lipinski definition) is 0. The number of rotatable bonds is 4. The van der Waals surface area contributed by atoms with Gasteiger partial charge in [0, 0.05) is 38.3 Å². The molecule has 5 nitrogen and oxygen atoms in total. The smallest absolute Gasteiger partial charge is 0.254 e. The highest BCUT2D eigenvalue weighted by Crippen LogP contribution is 2.17. The van der Waals surface area contributed by atoms with E-state index in [0.717, 1.165) is 47.6 Å². The summed E-state index contributed by atoms with van der Waals surface area (Å²) >= 11 is 0. The second kappa shape index (κ2) is 8.25. The lowest BCUT2D eigenvalue weighted by Crippen LogP contribution is -2.49. The van der Waals surface area contributed by atoms with Gasteiger partial charge in [0.05, 0.1) is 22.4 Å². The first-order chi connectivity index (χ1) is 14.0. The number of nitrogens with zero attached hydrogens (tertiary/aromatic N) is 4. The molecule has 4 rings (SSSR count). The topological polar surface area (TPSA) is 49.3 Å². The van der Waals surface area contributed by atoms with Gasteiger partial charge in [0.1, 0.15) is 5.82 Å². The number of carbonyl (C=O) groups excluding carboxylic acids is 1. The lowest BCUT2D eigenvalue weighted by Gasteiger charge is -2.34. The van der Waals surface area contributed by atoms with Gasteiger partial charge < -0.3 is 4.90 Å². The first-order valence-corrected chi connectivity index (χ1v) is 10.0. The van der Waals surface area contributed by atoms with Crippen LogP contribution in [0.15, 0.2) is 42.5 Å². The van der Waals surface area contributed by atoms with E-state index in [9.17, 15) is 9.18 Å². The number of aryl methyl sites for hydroxylation is 2. The summed E-state index contributed by atoms with van der Waals surface area (Å²) in [6.07, 6.45) is 0.683. The van der Waals surface area contributed by atoms with E-state index in [4.69, 9.17) is 0 Å². The van der Waals surface area contributed by atoms with Crippen molar-refractivity contribution in [2.45, 2.75) is 20.3 Å². The minimum absolute atomic E-state index is 0.0284. The molecule has 1 aromatic heterocycles. The third-order valence-corrected chi connectivity index (χ3v) is 5.64. The molecule has 0 saturated carbocycles. The average Bonchev–Trinajstić information content (AvgIpc) is 2.73. The minimum atomic E-state index is -0.147. The van der Waals surface area contributed by atoms with Crippen molar-refractivity contribution in [3.05, 3.63) is 70.8 Å². The maximum atomic E-state index is 13.8. The second-order valence-electron chi connectivity index (χ2n) is 7.57. The highest BCUT2D eigenvalue weighted by molar-refractivity contribution is 5.97. The van der Waals surface area contributed by atoms with Crippen LogP contribution in [-0.2, 0) is 6.42 Å². The van der Waals surface area contributed by atoms with Crippen LogP contribution in [0.25, 0.3) is 11.0 Å². The Balaban J connectivity index is 1.37. The zero-order chi connectivity index (χ0) is 20.4. The lowest BCUT2D eigenvalue weighted by atomic mass is 10.1. The summed E-state index contributed by atoms with van der Waals surface area (Å²) in [6, 6.07) is 12.5. The molecule has 0 radical (unpaired) electrons. The first-order valence-electron chi connectivity index (χ1n) is 10.0. The molecule has 0 N–H and O–H groups in total. The Kier molecular flexibility index (Phi) is 5.53. The Morgan fingerprint density at radius 1 is 0.966 bits per heavy atom. The summed E-state index contributed by atoms with van der Waals surface area (Å²) in [5.74, 6) is -0.119. The molecule has 6 heteroatoms. The van der Waals surface area contributed by atoms with Crippen molar-refractivity contribution in [2.24, 2.45) is 0 Å². The second-order valence-corrected chi connectivity index (χ2v) is 7.57. The number of benzene rings is 2. The van der Waals surface area contributed by atoms with Crippen molar-refractivity contribution in [1.29, 1.82) is 0 Å². The van der Waals surface area contributed by atoms with E-state index < -0.39 is 0 Å². The van der Waals surface area contributed by atoms with Crippen molar-refractivity contribution in [2.75, 3.05) is 32.7 Å². The van der Waals surface area contributed by atoms with Crippen LogP contribution in [-0.4, -0.2) is 58.4 Å². The predicted octanol–water partition coefficient (Wildman–Crippen LogP) is 3.39. The molecule has 29 heavy (non-hydrogen) atoms. The van der Waals surface area contributed by atoms with Gasteiger partial charge in [-0.25, -0.2) is 14.4 Å². The van der Waals surface area contributed by atoms with E-state index in [-0.39, 0.29) is 11.7 Å². The van der Waals surface area contributed by atoms with E-state index in [1.807, 2.05) is 49.1 Å². The van der Waals surface area contributed by atoms with E-state index in [2.05, 4.69) is 14.9 Å². The SMILES string of the molecule is Cc1nc2ccc(C(=O)N3CCN(CCc4ccccc4F)CC3)cc2nc1C. The van der Waals surface area contributed by atoms with Crippen LogP contribution >= 0.6 is 0 Å². The maximum Gasteiger partial charge on any atom is 0.254 e. The van der Waals surface area contributed by atoms with Crippen molar-refractivity contribution in [1.82, 2.24) is 19.8 Å². The molecule has 150 valence electrons. The molecule has 0 aliphatic carbocycles. The molecular weight excluding hydrogens is 367 g/mol. The Hall–Kier alpha value is -2.86. The van der Waals surface area contributed by atoms with Gasteiger partial charge in [-0.05, 0) is 50.1 Å². The Labute approximate surface area is 170 Å². The summed E-state index contributed by atoms with van der Waals surface area (Å²) in [4.78, 5) is 26.2. The molecule has 0 bridgehead atoms. The van der Waals surface area contributed by atoms with Crippen LogP contribution < -0.4 is 0 Å². The molecule has 1 saturated heterocycles. The molecule has 1 aliphatic heterocycles. The molecule has 2 heterocycles. The normalized spacial score (nSPS) is 15.1. The molecule has 1 amide bonds. The number of piperazine rings is 1. The fraction of sp³-hybridized carbons (Fsp3) is 0.348. The van der Waals surface area contributed by atoms with Gasteiger partial charge >= 0.3 is 0 Å². The summed E-state index contributed by atoms with van der Waals surface area (Å²) in [6.45, 7) is 7.60. The Bertz CT molecular complexity index is 1040. The molecule has 0 unspecified atom stereocenters. The first kappa shape index (κ1) is 19.5. The molecule has 0 atom stereocenters. The van der Waals surface area contributed by atoms with Crippen LogP contribution in [0.4, 0.5) is 4.39 Å². The quantitative estimate of drug-likeness (QED) is 0.683. The highest BCUT2D eigenvalue weighted by atomic mass is 19.1. The van der Waals surface area contributed by atoms with Crippen LogP contribution in [0.5, 0.6) is 0 Å². The van der Waals surface area contributed by atoms with Crippen LogP contribution in [0.3, 0.4) is 0 Å². The molecule has 3 aromatic rings. The van der Waals surface area contributed by atoms with Gasteiger partial charge in [-0.2, -0.15) is 0 Å². The number of carbonyl (C=O) groups is 1. The van der Waals surface area contributed by atoms with Crippen molar-refractivity contribution >= 4 is 16.9 Å². The zero-order valence-electron chi connectivity index (χ0n) is 16.9. The highest BCUT2D eigenvalue weighted by Gasteiger charge is 2.22. The van der Waals surface area contributed by atoms with Gasteiger partial charge in [0.25, 0.3) is 5.91 Å². The molecule has 1 fully saturated rings. The molecule has 0 spiro atoms. The van der Waals surface area contributed by atoms with Gasteiger partial charge in [0.2, 0.25) is 0 Å². The zero-order valence-corrected chi connectivity index (χ0v) is 16.9. The average molecular weight is 392 g/mol. The number of amides is 1. The molecule has 1 aliphatic rings. The molecule has 2 aromatic carbocycles. The van der Waals surface area contributed by atoms with E-state index >= 15 is 0 Å². The fourth-order valence-electron chi connectivity index (χ4n) is 3.70. The lowest BCUT2D eigenvalue weighted by molar-refractivity contribution is 0.0638. The summed E-state index contributed by atoms with van der Waals surface area (Å²) in [5.41, 5.74) is 4.74. The van der Waals surface area contributed by atoms with Crippen molar-refractivity contribution < 1.29 is 9.18 Å². The predicted molar refractivity (Wildman–Crippen MR) is 111 cm³/mol. The van der Waals surface area contributed by atoms with E-state index in [1.54, 1.807) is 6.07 Å². The van der Waals surface area contributed by atoms with Crippen molar-refractivity contribution in [3.63, 3.8) is 0 Å². The van der Waals surface area contributed by atoms with Crippen LogP contribution in [0, 0.1) is 19.7 Å². The van der Waals surface area contributed by atoms with Crippen LogP contribution in [0.2, 0.25) is 0 Å². The monoisotopic (exact) mass is 392 g/mol.